The Balaban J connectivity index is 1.99. The summed E-state index contributed by atoms with van der Waals surface area (Å²) < 4.78 is 5.27. The highest BCUT2D eigenvalue weighted by Gasteiger charge is 2.29. The normalized spacial score (nSPS) is 23.9. The molecule has 2 N–H and O–H groups in total. The smallest absolute Gasteiger partial charge is 0.227 e. The summed E-state index contributed by atoms with van der Waals surface area (Å²) in [5.41, 5.74) is 7.22. The molecule has 1 aliphatic carbocycles. The molecule has 2 rings (SSSR count). The Labute approximate surface area is 114 Å². The van der Waals surface area contributed by atoms with E-state index in [1.54, 1.807) is 11.2 Å². The maximum atomic E-state index is 12.5. The zero-order valence-corrected chi connectivity index (χ0v) is 11.9. The number of aryl methyl sites for hydroxylation is 1. The van der Waals surface area contributed by atoms with Crippen LogP contribution in [-0.2, 0) is 11.3 Å². The second kappa shape index (κ2) is 6.24. The van der Waals surface area contributed by atoms with Crippen LogP contribution in [0.25, 0.3) is 0 Å². The van der Waals surface area contributed by atoms with Crippen LogP contribution >= 0.6 is 0 Å². The molecule has 106 valence electrons. The van der Waals surface area contributed by atoms with E-state index in [0.717, 1.165) is 37.0 Å². The van der Waals surface area contributed by atoms with E-state index in [0.29, 0.717) is 6.54 Å². The predicted molar refractivity (Wildman–Crippen MR) is 74.5 cm³/mol. The van der Waals surface area contributed by atoms with Crippen LogP contribution in [0.15, 0.2) is 16.7 Å². The molecule has 0 aliphatic heterocycles. The summed E-state index contributed by atoms with van der Waals surface area (Å²) in [6, 6.07) is 1.94. The fourth-order valence-corrected chi connectivity index (χ4v) is 2.83. The van der Waals surface area contributed by atoms with Crippen molar-refractivity contribution in [2.75, 3.05) is 7.05 Å². The van der Waals surface area contributed by atoms with Gasteiger partial charge in [0.15, 0.2) is 0 Å². The highest BCUT2D eigenvalue weighted by Crippen LogP contribution is 2.24. The molecule has 0 aromatic carbocycles. The van der Waals surface area contributed by atoms with Crippen LogP contribution in [0.4, 0.5) is 0 Å². The van der Waals surface area contributed by atoms with Crippen molar-refractivity contribution in [3.8, 4) is 0 Å². The van der Waals surface area contributed by atoms with Gasteiger partial charge in [0.25, 0.3) is 0 Å². The van der Waals surface area contributed by atoms with E-state index in [1.807, 2.05) is 20.0 Å². The van der Waals surface area contributed by atoms with Crippen molar-refractivity contribution >= 4 is 5.91 Å². The third-order valence-electron chi connectivity index (χ3n) is 4.14. The van der Waals surface area contributed by atoms with Gasteiger partial charge in [0.2, 0.25) is 5.91 Å². The van der Waals surface area contributed by atoms with Gasteiger partial charge in [-0.3, -0.25) is 4.79 Å². The lowest BCUT2D eigenvalue weighted by atomic mass is 9.94. The molecular weight excluding hydrogens is 240 g/mol. The molecule has 1 aliphatic rings. The van der Waals surface area contributed by atoms with Gasteiger partial charge in [0, 0.05) is 25.2 Å². The van der Waals surface area contributed by atoms with Crippen molar-refractivity contribution in [2.45, 2.75) is 51.6 Å². The van der Waals surface area contributed by atoms with Crippen molar-refractivity contribution in [1.29, 1.82) is 0 Å². The molecule has 2 atom stereocenters. The van der Waals surface area contributed by atoms with Crippen LogP contribution in [0.5, 0.6) is 0 Å². The van der Waals surface area contributed by atoms with Gasteiger partial charge in [-0.2, -0.15) is 0 Å². The molecular formula is C15H24N2O2. The quantitative estimate of drug-likeness (QED) is 0.853. The fourth-order valence-electron chi connectivity index (χ4n) is 2.83. The van der Waals surface area contributed by atoms with Crippen LogP contribution in [0.2, 0.25) is 0 Å². The van der Waals surface area contributed by atoms with Crippen molar-refractivity contribution < 1.29 is 9.21 Å². The Kier molecular flexibility index (Phi) is 4.64. The number of carbonyl (C=O) groups is 1. The Morgan fingerprint density at radius 1 is 1.42 bits per heavy atom. The summed E-state index contributed by atoms with van der Waals surface area (Å²) >= 11 is 0. The summed E-state index contributed by atoms with van der Waals surface area (Å²) in [7, 11) is 1.85. The van der Waals surface area contributed by atoms with Crippen LogP contribution < -0.4 is 5.73 Å². The molecule has 4 heteroatoms. The number of carbonyl (C=O) groups excluding carboxylic acids is 1. The van der Waals surface area contributed by atoms with Crippen LogP contribution in [0, 0.1) is 12.8 Å². The molecule has 0 radical (unpaired) electrons. The molecule has 1 heterocycles. The molecule has 19 heavy (non-hydrogen) atoms. The Morgan fingerprint density at radius 3 is 2.84 bits per heavy atom. The van der Waals surface area contributed by atoms with Gasteiger partial charge >= 0.3 is 0 Å². The van der Waals surface area contributed by atoms with Gasteiger partial charge in [-0.1, -0.05) is 19.3 Å². The van der Waals surface area contributed by atoms with E-state index in [9.17, 15) is 4.79 Å². The SMILES string of the molecule is Cc1occc1CN(C)C(=O)C1CCCCCC1N. The zero-order chi connectivity index (χ0) is 13.8. The fraction of sp³-hybridized carbons (Fsp3) is 0.667. The molecule has 1 fully saturated rings. The maximum absolute atomic E-state index is 12.5. The van der Waals surface area contributed by atoms with Gasteiger partial charge in [-0.05, 0) is 25.8 Å². The van der Waals surface area contributed by atoms with E-state index >= 15 is 0 Å². The number of rotatable bonds is 3. The number of hydrogen-bond donors (Lipinski definition) is 1. The van der Waals surface area contributed by atoms with Crippen LogP contribution in [0.1, 0.15) is 43.4 Å². The second-order valence-electron chi connectivity index (χ2n) is 5.60. The lowest BCUT2D eigenvalue weighted by molar-refractivity contribution is -0.135. The molecule has 1 aromatic heterocycles. The molecule has 0 saturated heterocycles. The Hall–Kier alpha value is -1.29. The number of nitrogens with two attached hydrogens (primary N) is 1. The summed E-state index contributed by atoms with van der Waals surface area (Å²) in [5.74, 6) is 1.04. The number of hydrogen-bond acceptors (Lipinski definition) is 3. The minimum absolute atomic E-state index is 0.0142. The molecule has 0 spiro atoms. The summed E-state index contributed by atoms with van der Waals surface area (Å²) in [6.07, 6.45) is 7.02. The van der Waals surface area contributed by atoms with Crippen molar-refractivity contribution in [1.82, 2.24) is 4.90 Å². The van der Waals surface area contributed by atoms with Gasteiger partial charge in [-0.15, -0.1) is 0 Å². The third kappa shape index (κ3) is 3.38. The predicted octanol–water partition coefficient (Wildman–Crippen LogP) is 2.45. The van der Waals surface area contributed by atoms with Crippen LogP contribution in [0.3, 0.4) is 0 Å². The van der Waals surface area contributed by atoms with E-state index < -0.39 is 0 Å². The first-order valence-electron chi connectivity index (χ1n) is 7.13. The molecule has 0 bridgehead atoms. The van der Waals surface area contributed by atoms with Crippen molar-refractivity contribution in [3.63, 3.8) is 0 Å². The van der Waals surface area contributed by atoms with E-state index in [2.05, 4.69) is 0 Å². The minimum atomic E-state index is -0.0142. The molecule has 1 amide bonds. The molecule has 1 aromatic rings. The Bertz CT molecular complexity index is 428. The molecule has 4 nitrogen and oxygen atoms in total. The first-order valence-corrected chi connectivity index (χ1v) is 7.13. The number of nitrogens with zero attached hydrogens (tertiary/aromatic N) is 1. The third-order valence-corrected chi connectivity index (χ3v) is 4.14. The second-order valence-corrected chi connectivity index (χ2v) is 5.60. The average Bonchev–Trinajstić information content (AvgIpc) is 2.66. The minimum Gasteiger partial charge on any atom is -0.469 e. The number of amides is 1. The maximum Gasteiger partial charge on any atom is 0.227 e. The topological polar surface area (TPSA) is 59.5 Å². The summed E-state index contributed by atoms with van der Waals surface area (Å²) in [4.78, 5) is 14.3. The highest BCUT2D eigenvalue weighted by molar-refractivity contribution is 5.79. The lowest BCUT2D eigenvalue weighted by Gasteiger charge is -2.26. The zero-order valence-electron chi connectivity index (χ0n) is 11.9. The van der Waals surface area contributed by atoms with Crippen molar-refractivity contribution in [3.05, 3.63) is 23.7 Å². The van der Waals surface area contributed by atoms with E-state index in [1.165, 1.54) is 6.42 Å². The monoisotopic (exact) mass is 264 g/mol. The lowest BCUT2D eigenvalue weighted by Crippen LogP contribution is -2.42. The van der Waals surface area contributed by atoms with Gasteiger partial charge in [-0.25, -0.2) is 0 Å². The van der Waals surface area contributed by atoms with Crippen molar-refractivity contribution in [2.24, 2.45) is 11.7 Å². The van der Waals surface area contributed by atoms with Gasteiger partial charge in [0.1, 0.15) is 5.76 Å². The molecule has 1 saturated carbocycles. The van der Waals surface area contributed by atoms with E-state index in [-0.39, 0.29) is 17.9 Å². The van der Waals surface area contributed by atoms with Gasteiger partial charge in [0.05, 0.1) is 12.2 Å². The van der Waals surface area contributed by atoms with Crippen LogP contribution in [-0.4, -0.2) is 23.9 Å². The largest absolute Gasteiger partial charge is 0.469 e. The summed E-state index contributed by atoms with van der Waals surface area (Å²) in [5, 5.41) is 0. The first kappa shape index (κ1) is 14.1. The first-order chi connectivity index (χ1) is 9.09. The standard InChI is InChI=1S/C15H24N2O2/c1-11-12(8-9-19-11)10-17(2)15(18)13-6-4-3-5-7-14(13)16/h8-9,13-14H,3-7,10,16H2,1-2H3. The van der Waals surface area contributed by atoms with Gasteiger partial charge < -0.3 is 15.1 Å². The number of furan rings is 1. The average molecular weight is 264 g/mol. The summed E-state index contributed by atoms with van der Waals surface area (Å²) in [6.45, 7) is 2.52. The van der Waals surface area contributed by atoms with E-state index in [4.69, 9.17) is 10.2 Å². The molecule has 2 unspecified atom stereocenters. The highest BCUT2D eigenvalue weighted by atomic mass is 16.3. The Morgan fingerprint density at radius 2 is 2.16 bits per heavy atom.